The molecule has 3 aromatic rings. The molecule has 2 heterocycles. The van der Waals surface area contributed by atoms with Gasteiger partial charge in [0.25, 0.3) is 0 Å². The van der Waals surface area contributed by atoms with Crippen LogP contribution in [-0.4, -0.2) is 20.2 Å². The van der Waals surface area contributed by atoms with Gasteiger partial charge in [-0.3, -0.25) is 5.10 Å². The third kappa shape index (κ3) is 3.93. The number of aromatic nitrogens is 4. The molecule has 1 aromatic carbocycles. The van der Waals surface area contributed by atoms with Gasteiger partial charge in [-0.15, -0.1) is 0 Å². The number of rotatable bonds is 4. The average Bonchev–Trinajstić information content (AvgIpc) is 3.00. The lowest BCUT2D eigenvalue weighted by Gasteiger charge is -2.18. The summed E-state index contributed by atoms with van der Waals surface area (Å²) in [6, 6.07) is 8.15. The van der Waals surface area contributed by atoms with Crippen molar-refractivity contribution >= 4 is 11.8 Å². The summed E-state index contributed by atoms with van der Waals surface area (Å²) in [5.74, 6) is 0.580. The van der Waals surface area contributed by atoms with Gasteiger partial charge in [-0.25, -0.2) is 9.37 Å². The molecule has 0 unspecified atom stereocenters. The average molecular weight is 340 g/mol. The molecule has 3 rings (SSSR count). The number of benzene rings is 1. The van der Waals surface area contributed by atoms with Crippen molar-refractivity contribution in [3.63, 3.8) is 0 Å². The first kappa shape index (κ1) is 16.9. The number of nitrogen functional groups attached to an aromatic ring is 1. The Morgan fingerprint density at radius 2 is 2.00 bits per heavy atom. The highest BCUT2D eigenvalue weighted by atomic mass is 19.1. The number of halogens is 1. The van der Waals surface area contributed by atoms with Crippen molar-refractivity contribution in [2.75, 3.05) is 11.1 Å². The molecule has 0 radical (unpaired) electrons. The Kier molecular flexibility index (Phi) is 4.39. The second kappa shape index (κ2) is 6.51. The van der Waals surface area contributed by atoms with Crippen LogP contribution in [0.5, 0.6) is 0 Å². The quantitative estimate of drug-likeness (QED) is 0.676. The van der Waals surface area contributed by atoms with Gasteiger partial charge in [0.05, 0.1) is 17.6 Å². The normalized spacial score (nSPS) is 11.5. The van der Waals surface area contributed by atoms with E-state index in [0.29, 0.717) is 18.3 Å². The highest BCUT2D eigenvalue weighted by Crippen LogP contribution is 2.24. The Hall–Kier alpha value is -2.96. The lowest BCUT2D eigenvalue weighted by molar-refractivity contribution is 0.568. The molecule has 0 saturated heterocycles. The fraction of sp³-hybridized carbons (Fsp3) is 0.278. The van der Waals surface area contributed by atoms with Crippen molar-refractivity contribution in [3.05, 3.63) is 53.6 Å². The molecular formula is C18H21FN6. The number of H-pyrrole nitrogens is 1. The van der Waals surface area contributed by atoms with Crippen LogP contribution >= 0.6 is 0 Å². The molecule has 0 amide bonds. The summed E-state index contributed by atoms with van der Waals surface area (Å²) in [6.45, 7) is 6.64. The highest BCUT2D eigenvalue weighted by molar-refractivity contribution is 5.63. The standard InChI is InChI=1S/C18H21FN6/c1-18(2,3)14-8-15(20)24-17(23-14)21-9-12-10-22-25-16(12)11-5-4-6-13(19)7-11/h4-8,10H,9H2,1-3H3,(H,22,25)(H3,20,21,23,24). The molecular weight excluding hydrogens is 319 g/mol. The van der Waals surface area contributed by atoms with E-state index >= 15 is 0 Å². The Morgan fingerprint density at radius 1 is 1.20 bits per heavy atom. The summed E-state index contributed by atoms with van der Waals surface area (Å²) in [7, 11) is 0. The van der Waals surface area contributed by atoms with Crippen LogP contribution in [0.1, 0.15) is 32.0 Å². The molecule has 0 aliphatic rings. The van der Waals surface area contributed by atoms with Crippen LogP contribution in [0.15, 0.2) is 36.5 Å². The Labute approximate surface area is 145 Å². The van der Waals surface area contributed by atoms with E-state index in [1.54, 1.807) is 18.3 Å². The minimum atomic E-state index is -0.292. The van der Waals surface area contributed by atoms with Crippen LogP contribution in [0.3, 0.4) is 0 Å². The van der Waals surface area contributed by atoms with Gasteiger partial charge in [-0.2, -0.15) is 10.1 Å². The number of nitrogens with zero attached hydrogens (tertiary/aromatic N) is 3. The number of hydrogen-bond donors (Lipinski definition) is 3. The van der Waals surface area contributed by atoms with Gasteiger partial charge in [-0.1, -0.05) is 32.9 Å². The zero-order chi connectivity index (χ0) is 18.0. The molecule has 25 heavy (non-hydrogen) atoms. The molecule has 4 N–H and O–H groups in total. The summed E-state index contributed by atoms with van der Waals surface area (Å²) in [6.07, 6.45) is 1.70. The van der Waals surface area contributed by atoms with Crippen LogP contribution in [0.4, 0.5) is 16.2 Å². The van der Waals surface area contributed by atoms with Crippen molar-refractivity contribution in [2.24, 2.45) is 0 Å². The molecule has 130 valence electrons. The fourth-order valence-electron chi connectivity index (χ4n) is 2.44. The van der Waals surface area contributed by atoms with Crippen molar-refractivity contribution in [3.8, 4) is 11.3 Å². The monoisotopic (exact) mass is 340 g/mol. The number of anilines is 2. The van der Waals surface area contributed by atoms with Crippen LogP contribution in [0.2, 0.25) is 0 Å². The van der Waals surface area contributed by atoms with E-state index in [0.717, 1.165) is 22.5 Å². The predicted molar refractivity (Wildman–Crippen MR) is 96.5 cm³/mol. The Balaban J connectivity index is 1.82. The number of aromatic amines is 1. The zero-order valence-electron chi connectivity index (χ0n) is 14.5. The molecule has 0 fully saturated rings. The molecule has 0 bridgehead atoms. The van der Waals surface area contributed by atoms with Gasteiger partial charge in [0, 0.05) is 29.2 Å². The van der Waals surface area contributed by atoms with Crippen LogP contribution in [-0.2, 0) is 12.0 Å². The molecule has 0 atom stereocenters. The van der Waals surface area contributed by atoms with Gasteiger partial charge in [-0.05, 0) is 12.1 Å². The summed E-state index contributed by atoms with van der Waals surface area (Å²) in [4.78, 5) is 8.76. The third-order valence-corrected chi connectivity index (χ3v) is 3.78. The maximum Gasteiger partial charge on any atom is 0.225 e. The number of nitrogens with two attached hydrogens (primary N) is 1. The summed E-state index contributed by atoms with van der Waals surface area (Å²) in [5.41, 5.74) is 9.00. The summed E-state index contributed by atoms with van der Waals surface area (Å²) >= 11 is 0. The first-order valence-corrected chi connectivity index (χ1v) is 8.00. The van der Waals surface area contributed by atoms with E-state index < -0.39 is 0 Å². The Bertz CT molecular complexity index is 881. The minimum Gasteiger partial charge on any atom is -0.384 e. The van der Waals surface area contributed by atoms with Gasteiger partial charge in [0.2, 0.25) is 5.95 Å². The van der Waals surface area contributed by atoms with Gasteiger partial charge < -0.3 is 11.1 Å². The van der Waals surface area contributed by atoms with Gasteiger partial charge in [0.1, 0.15) is 11.6 Å². The molecule has 7 heteroatoms. The Morgan fingerprint density at radius 3 is 2.72 bits per heavy atom. The molecule has 6 nitrogen and oxygen atoms in total. The molecule has 0 aliphatic heterocycles. The highest BCUT2D eigenvalue weighted by Gasteiger charge is 2.17. The number of nitrogens with one attached hydrogen (secondary N) is 2. The van der Waals surface area contributed by atoms with E-state index in [4.69, 9.17) is 5.73 Å². The first-order chi connectivity index (χ1) is 11.8. The minimum absolute atomic E-state index is 0.129. The van der Waals surface area contributed by atoms with Crippen LogP contribution in [0, 0.1) is 5.82 Å². The second-order valence-corrected chi connectivity index (χ2v) is 6.89. The van der Waals surface area contributed by atoms with E-state index in [2.05, 4.69) is 46.3 Å². The van der Waals surface area contributed by atoms with E-state index in [1.807, 2.05) is 6.07 Å². The maximum atomic E-state index is 13.5. The van der Waals surface area contributed by atoms with Gasteiger partial charge >= 0.3 is 0 Å². The molecule has 2 aromatic heterocycles. The van der Waals surface area contributed by atoms with Crippen molar-refractivity contribution in [2.45, 2.75) is 32.7 Å². The SMILES string of the molecule is CC(C)(C)c1cc(N)nc(NCc2cn[nH]c2-c2cccc(F)c2)n1. The maximum absolute atomic E-state index is 13.5. The lowest BCUT2D eigenvalue weighted by Crippen LogP contribution is -2.16. The topological polar surface area (TPSA) is 92.5 Å². The fourth-order valence-corrected chi connectivity index (χ4v) is 2.44. The van der Waals surface area contributed by atoms with Crippen molar-refractivity contribution in [1.29, 1.82) is 0 Å². The lowest BCUT2D eigenvalue weighted by atomic mass is 9.92. The second-order valence-electron chi connectivity index (χ2n) is 6.89. The van der Waals surface area contributed by atoms with E-state index in [-0.39, 0.29) is 11.2 Å². The van der Waals surface area contributed by atoms with Crippen molar-refractivity contribution in [1.82, 2.24) is 20.2 Å². The molecule has 0 saturated carbocycles. The van der Waals surface area contributed by atoms with Gasteiger partial charge in [0.15, 0.2) is 0 Å². The first-order valence-electron chi connectivity index (χ1n) is 8.00. The molecule has 0 aliphatic carbocycles. The molecule has 0 spiro atoms. The predicted octanol–water partition coefficient (Wildman–Crippen LogP) is 3.50. The van der Waals surface area contributed by atoms with Crippen LogP contribution < -0.4 is 11.1 Å². The van der Waals surface area contributed by atoms with Crippen molar-refractivity contribution < 1.29 is 4.39 Å². The van der Waals surface area contributed by atoms with Crippen LogP contribution in [0.25, 0.3) is 11.3 Å². The largest absolute Gasteiger partial charge is 0.384 e. The third-order valence-electron chi connectivity index (χ3n) is 3.78. The number of hydrogen-bond acceptors (Lipinski definition) is 5. The smallest absolute Gasteiger partial charge is 0.225 e. The zero-order valence-corrected chi connectivity index (χ0v) is 14.5. The van der Waals surface area contributed by atoms with E-state index in [1.165, 1.54) is 12.1 Å². The summed E-state index contributed by atoms with van der Waals surface area (Å²) in [5, 5.41) is 10.1. The van der Waals surface area contributed by atoms with E-state index in [9.17, 15) is 4.39 Å². The summed E-state index contributed by atoms with van der Waals surface area (Å²) < 4.78 is 13.5.